The Morgan fingerprint density at radius 2 is 2.07 bits per heavy atom. The topological polar surface area (TPSA) is 44.0 Å². The number of nitrogens with zero attached hydrogens (tertiary/aromatic N) is 2. The SMILES string of the molecule is c1ncc(CN2CC3=C(CNC3)C2)[nH]1. The Morgan fingerprint density at radius 3 is 2.71 bits per heavy atom. The van der Waals surface area contributed by atoms with E-state index < -0.39 is 0 Å². The van der Waals surface area contributed by atoms with E-state index in [0.717, 1.165) is 32.7 Å². The van der Waals surface area contributed by atoms with Crippen molar-refractivity contribution in [3.8, 4) is 0 Å². The Morgan fingerprint density at radius 1 is 1.29 bits per heavy atom. The fourth-order valence-electron chi connectivity index (χ4n) is 2.27. The molecule has 3 rings (SSSR count). The van der Waals surface area contributed by atoms with Crippen LogP contribution in [0.25, 0.3) is 0 Å². The molecule has 2 N–H and O–H groups in total. The number of imidazole rings is 1. The third kappa shape index (κ3) is 1.36. The van der Waals surface area contributed by atoms with Gasteiger partial charge >= 0.3 is 0 Å². The molecule has 0 amide bonds. The standard InChI is InChI=1S/C10H14N4/c1-8-4-14(5-9(8)2-11-1)6-10-3-12-7-13-10/h3,7,11H,1-2,4-6H2,(H,12,13). The van der Waals surface area contributed by atoms with Crippen molar-refractivity contribution in [2.45, 2.75) is 6.54 Å². The van der Waals surface area contributed by atoms with E-state index in [1.165, 1.54) is 5.69 Å². The number of hydrogen-bond acceptors (Lipinski definition) is 3. The van der Waals surface area contributed by atoms with Gasteiger partial charge in [-0.3, -0.25) is 4.90 Å². The zero-order valence-corrected chi connectivity index (χ0v) is 8.08. The molecule has 14 heavy (non-hydrogen) atoms. The molecule has 0 fully saturated rings. The highest BCUT2D eigenvalue weighted by atomic mass is 15.2. The monoisotopic (exact) mass is 190 g/mol. The molecule has 2 aliphatic rings. The van der Waals surface area contributed by atoms with Crippen LogP contribution in [0.4, 0.5) is 0 Å². The van der Waals surface area contributed by atoms with E-state index in [1.54, 1.807) is 17.5 Å². The molecule has 0 atom stereocenters. The number of aromatic amines is 1. The molecule has 1 aromatic heterocycles. The molecule has 4 nitrogen and oxygen atoms in total. The summed E-state index contributed by atoms with van der Waals surface area (Å²) < 4.78 is 0. The average Bonchev–Trinajstić information content (AvgIpc) is 2.78. The molecule has 0 aromatic carbocycles. The first-order chi connectivity index (χ1) is 6.92. The van der Waals surface area contributed by atoms with Crippen molar-refractivity contribution in [2.24, 2.45) is 0 Å². The molecule has 2 aliphatic heterocycles. The van der Waals surface area contributed by atoms with Crippen LogP contribution in [0.2, 0.25) is 0 Å². The summed E-state index contributed by atoms with van der Waals surface area (Å²) in [6, 6.07) is 0. The summed E-state index contributed by atoms with van der Waals surface area (Å²) in [5.41, 5.74) is 4.41. The molecule has 0 radical (unpaired) electrons. The van der Waals surface area contributed by atoms with Crippen LogP contribution in [-0.4, -0.2) is 41.0 Å². The van der Waals surface area contributed by atoms with Crippen LogP contribution in [0.3, 0.4) is 0 Å². The molecule has 0 aliphatic carbocycles. The molecule has 0 spiro atoms. The van der Waals surface area contributed by atoms with Crippen LogP contribution in [0.15, 0.2) is 23.7 Å². The van der Waals surface area contributed by atoms with Crippen LogP contribution < -0.4 is 5.32 Å². The van der Waals surface area contributed by atoms with Gasteiger partial charge in [0.25, 0.3) is 0 Å². The smallest absolute Gasteiger partial charge is 0.0922 e. The van der Waals surface area contributed by atoms with E-state index in [2.05, 4.69) is 20.2 Å². The van der Waals surface area contributed by atoms with Crippen molar-refractivity contribution < 1.29 is 0 Å². The maximum absolute atomic E-state index is 4.03. The fourth-order valence-corrected chi connectivity index (χ4v) is 2.27. The highest BCUT2D eigenvalue weighted by molar-refractivity contribution is 5.29. The van der Waals surface area contributed by atoms with Gasteiger partial charge in [0.05, 0.1) is 6.33 Å². The predicted molar refractivity (Wildman–Crippen MR) is 53.8 cm³/mol. The molecule has 0 saturated carbocycles. The van der Waals surface area contributed by atoms with Gasteiger partial charge in [-0.25, -0.2) is 4.98 Å². The number of nitrogens with one attached hydrogen (secondary N) is 2. The van der Waals surface area contributed by atoms with Crippen LogP contribution in [0, 0.1) is 0 Å². The first kappa shape index (κ1) is 8.20. The third-order valence-electron chi connectivity index (χ3n) is 2.95. The molecule has 0 bridgehead atoms. The van der Waals surface area contributed by atoms with Crippen LogP contribution >= 0.6 is 0 Å². The van der Waals surface area contributed by atoms with Crippen molar-refractivity contribution in [1.82, 2.24) is 20.2 Å². The first-order valence-electron chi connectivity index (χ1n) is 5.02. The summed E-state index contributed by atoms with van der Waals surface area (Å²) in [5, 5.41) is 3.38. The maximum atomic E-state index is 4.03. The van der Waals surface area contributed by atoms with Gasteiger partial charge in [-0.15, -0.1) is 0 Å². The van der Waals surface area contributed by atoms with Gasteiger partial charge in [-0.05, 0) is 11.1 Å². The quantitative estimate of drug-likeness (QED) is 0.651. The minimum Gasteiger partial charge on any atom is -0.347 e. The number of rotatable bonds is 2. The van der Waals surface area contributed by atoms with Gasteiger partial charge in [0.15, 0.2) is 0 Å². The van der Waals surface area contributed by atoms with Gasteiger partial charge in [0.2, 0.25) is 0 Å². The molecular weight excluding hydrogens is 176 g/mol. The Kier molecular flexibility index (Phi) is 1.89. The van der Waals surface area contributed by atoms with Crippen molar-refractivity contribution in [2.75, 3.05) is 26.2 Å². The molecule has 1 aromatic rings. The Hall–Kier alpha value is -1.13. The summed E-state index contributed by atoms with van der Waals surface area (Å²) in [5.74, 6) is 0. The van der Waals surface area contributed by atoms with E-state index in [0.29, 0.717) is 0 Å². The zero-order valence-electron chi connectivity index (χ0n) is 8.08. The van der Waals surface area contributed by atoms with E-state index >= 15 is 0 Å². The molecular formula is C10H14N4. The lowest BCUT2D eigenvalue weighted by Gasteiger charge is -2.16. The van der Waals surface area contributed by atoms with E-state index in [4.69, 9.17) is 0 Å². The Labute approximate surface area is 83.0 Å². The fraction of sp³-hybridized carbons (Fsp3) is 0.500. The highest BCUT2D eigenvalue weighted by Gasteiger charge is 2.24. The lowest BCUT2D eigenvalue weighted by Crippen LogP contribution is -2.26. The highest BCUT2D eigenvalue weighted by Crippen LogP contribution is 2.21. The van der Waals surface area contributed by atoms with Crippen molar-refractivity contribution in [1.29, 1.82) is 0 Å². The van der Waals surface area contributed by atoms with Gasteiger partial charge in [0.1, 0.15) is 0 Å². The maximum Gasteiger partial charge on any atom is 0.0922 e. The van der Waals surface area contributed by atoms with Gasteiger partial charge in [-0.2, -0.15) is 0 Å². The average molecular weight is 190 g/mol. The van der Waals surface area contributed by atoms with Crippen LogP contribution in [0.5, 0.6) is 0 Å². The third-order valence-corrected chi connectivity index (χ3v) is 2.95. The molecule has 0 saturated heterocycles. The second kappa shape index (κ2) is 3.22. The second-order valence-corrected chi connectivity index (χ2v) is 4.03. The van der Waals surface area contributed by atoms with Gasteiger partial charge in [-0.1, -0.05) is 0 Å². The minimum absolute atomic E-state index is 0.993. The van der Waals surface area contributed by atoms with Crippen molar-refractivity contribution in [3.63, 3.8) is 0 Å². The van der Waals surface area contributed by atoms with E-state index in [9.17, 15) is 0 Å². The molecule has 4 heteroatoms. The predicted octanol–water partition coefficient (Wildman–Crippen LogP) is 0.125. The zero-order chi connectivity index (χ0) is 9.38. The van der Waals surface area contributed by atoms with E-state index in [1.807, 2.05) is 6.20 Å². The Balaban J connectivity index is 1.63. The van der Waals surface area contributed by atoms with Crippen molar-refractivity contribution in [3.05, 3.63) is 29.4 Å². The summed E-state index contributed by atoms with van der Waals surface area (Å²) in [4.78, 5) is 9.63. The summed E-state index contributed by atoms with van der Waals surface area (Å²) >= 11 is 0. The number of H-pyrrole nitrogens is 1. The lowest BCUT2D eigenvalue weighted by atomic mass is 10.2. The second-order valence-electron chi connectivity index (χ2n) is 4.03. The van der Waals surface area contributed by atoms with Crippen LogP contribution in [-0.2, 0) is 6.54 Å². The summed E-state index contributed by atoms with van der Waals surface area (Å²) in [6.45, 7) is 5.43. The molecule has 3 heterocycles. The van der Waals surface area contributed by atoms with Crippen LogP contribution in [0.1, 0.15) is 5.69 Å². The van der Waals surface area contributed by atoms with Crippen molar-refractivity contribution >= 4 is 0 Å². The number of aromatic nitrogens is 2. The normalized spacial score (nSPS) is 22.0. The largest absolute Gasteiger partial charge is 0.347 e. The first-order valence-corrected chi connectivity index (χ1v) is 5.02. The summed E-state index contributed by atoms with van der Waals surface area (Å²) in [7, 11) is 0. The number of hydrogen-bond donors (Lipinski definition) is 2. The lowest BCUT2D eigenvalue weighted by molar-refractivity contribution is 0.327. The van der Waals surface area contributed by atoms with Gasteiger partial charge < -0.3 is 10.3 Å². The van der Waals surface area contributed by atoms with E-state index in [-0.39, 0.29) is 0 Å². The molecule has 0 unspecified atom stereocenters. The Bertz CT molecular complexity index is 336. The summed E-state index contributed by atoms with van der Waals surface area (Å²) in [6.07, 6.45) is 3.65. The van der Waals surface area contributed by atoms with Gasteiger partial charge in [0, 0.05) is 44.6 Å². The molecule has 74 valence electrons. The minimum atomic E-state index is 0.993.